The summed E-state index contributed by atoms with van der Waals surface area (Å²) in [6, 6.07) is 5.26. The summed E-state index contributed by atoms with van der Waals surface area (Å²) in [6.07, 6.45) is 0.470. The molecule has 1 unspecified atom stereocenters. The zero-order valence-corrected chi connectivity index (χ0v) is 9.87. The van der Waals surface area contributed by atoms with Crippen LogP contribution in [-0.4, -0.2) is 23.4 Å². The van der Waals surface area contributed by atoms with E-state index in [1.807, 2.05) is 13.0 Å². The highest BCUT2D eigenvalue weighted by atomic mass is 35.5. The fourth-order valence-electron chi connectivity index (χ4n) is 2.10. The van der Waals surface area contributed by atoms with Crippen molar-refractivity contribution in [3.8, 4) is 5.75 Å². The van der Waals surface area contributed by atoms with Gasteiger partial charge in [-0.05, 0) is 24.5 Å². The third kappa shape index (κ3) is 1.87. The lowest BCUT2D eigenvalue weighted by Gasteiger charge is -2.20. The Morgan fingerprint density at radius 3 is 2.88 bits per heavy atom. The van der Waals surface area contributed by atoms with Gasteiger partial charge in [0.1, 0.15) is 5.75 Å². The maximum absolute atomic E-state index is 11.8. The molecule has 1 aromatic carbocycles. The Hall–Kier alpha value is -1.22. The fraction of sp³-hybridized carbons (Fsp3) is 0.417. The van der Waals surface area contributed by atoms with Crippen molar-refractivity contribution in [2.75, 3.05) is 17.3 Å². The Balaban J connectivity index is 2.35. The molecule has 2 rings (SSSR count). The predicted octanol–water partition coefficient (Wildman–Crippen LogP) is 2.29. The number of carbonyl (C=O) groups excluding carboxylic acids is 1. The summed E-state index contributed by atoms with van der Waals surface area (Å²) in [5.41, 5.74) is 1.53. The molecule has 1 aliphatic heterocycles. The number of phenols is 1. The molecule has 1 fully saturated rings. The maximum Gasteiger partial charge on any atom is 0.227 e. The van der Waals surface area contributed by atoms with Gasteiger partial charge in [-0.3, -0.25) is 4.79 Å². The first-order valence-corrected chi connectivity index (χ1v) is 5.82. The molecule has 0 radical (unpaired) electrons. The first kappa shape index (κ1) is 11.3. The lowest BCUT2D eigenvalue weighted by Crippen LogP contribution is -2.25. The van der Waals surface area contributed by atoms with E-state index in [9.17, 15) is 9.90 Å². The van der Waals surface area contributed by atoms with Gasteiger partial charge in [0.2, 0.25) is 5.91 Å². The van der Waals surface area contributed by atoms with Crippen molar-refractivity contribution < 1.29 is 9.90 Å². The zero-order chi connectivity index (χ0) is 11.7. The summed E-state index contributed by atoms with van der Waals surface area (Å²) in [4.78, 5) is 13.4. The van der Waals surface area contributed by atoms with Crippen molar-refractivity contribution in [1.82, 2.24) is 0 Å². The number of aromatic hydroxyl groups is 1. The van der Waals surface area contributed by atoms with Gasteiger partial charge in [0, 0.05) is 18.8 Å². The largest absolute Gasteiger partial charge is 0.506 e. The minimum atomic E-state index is 0.0373. The number of rotatable bonds is 2. The summed E-state index contributed by atoms with van der Waals surface area (Å²) in [5, 5.41) is 9.80. The van der Waals surface area contributed by atoms with E-state index in [0.29, 0.717) is 24.5 Å². The van der Waals surface area contributed by atoms with Gasteiger partial charge >= 0.3 is 0 Å². The summed E-state index contributed by atoms with van der Waals surface area (Å²) in [5.74, 6) is 0.863. The van der Waals surface area contributed by atoms with Crippen molar-refractivity contribution in [3.63, 3.8) is 0 Å². The molecule has 1 N–H and O–H groups in total. The Bertz CT molecular complexity index is 399. The van der Waals surface area contributed by atoms with E-state index in [1.165, 1.54) is 0 Å². The number of para-hydroxylation sites is 1. The van der Waals surface area contributed by atoms with Gasteiger partial charge in [0.05, 0.1) is 5.69 Å². The summed E-state index contributed by atoms with van der Waals surface area (Å²) >= 11 is 5.76. The smallest absolute Gasteiger partial charge is 0.227 e. The number of carbonyl (C=O) groups is 1. The number of halogens is 1. The van der Waals surface area contributed by atoms with Crippen LogP contribution in [0.25, 0.3) is 0 Å². The maximum atomic E-state index is 11.8. The van der Waals surface area contributed by atoms with Crippen LogP contribution in [-0.2, 0) is 4.79 Å². The van der Waals surface area contributed by atoms with Crippen LogP contribution in [0.4, 0.5) is 5.69 Å². The zero-order valence-electron chi connectivity index (χ0n) is 9.11. The molecule has 0 aromatic heterocycles. The summed E-state index contributed by atoms with van der Waals surface area (Å²) < 4.78 is 0. The minimum Gasteiger partial charge on any atom is -0.506 e. The van der Waals surface area contributed by atoms with E-state index < -0.39 is 0 Å². The van der Waals surface area contributed by atoms with Crippen molar-refractivity contribution in [1.29, 1.82) is 0 Å². The molecule has 1 aromatic rings. The van der Waals surface area contributed by atoms with Crippen molar-refractivity contribution in [3.05, 3.63) is 23.8 Å². The molecular formula is C12H14ClNO2. The molecule has 1 heterocycles. The second-order valence-corrected chi connectivity index (χ2v) is 4.48. The van der Waals surface area contributed by atoms with Crippen LogP contribution in [0.15, 0.2) is 18.2 Å². The lowest BCUT2D eigenvalue weighted by molar-refractivity contribution is -0.117. The molecule has 4 heteroatoms. The molecule has 0 aliphatic carbocycles. The third-order valence-electron chi connectivity index (χ3n) is 2.91. The first-order chi connectivity index (χ1) is 7.63. The van der Waals surface area contributed by atoms with Gasteiger partial charge < -0.3 is 10.0 Å². The van der Waals surface area contributed by atoms with E-state index in [0.717, 1.165) is 5.56 Å². The second kappa shape index (κ2) is 4.34. The Morgan fingerprint density at radius 2 is 2.31 bits per heavy atom. The van der Waals surface area contributed by atoms with E-state index in [-0.39, 0.29) is 17.6 Å². The third-order valence-corrected chi connectivity index (χ3v) is 3.35. The predicted molar refractivity (Wildman–Crippen MR) is 64.0 cm³/mol. The summed E-state index contributed by atoms with van der Waals surface area (Å²) in [6.45, 7) is 2.48. The first-order valence-electron chi connectivity index (χ1n) is 5.28. The molecule has 86 valence electrons. The Morgan fingerprint density at radius 1 is 1.56 bits per heavy atom. The minimum absolute atomic E-state index is 0.0373. The van der Waals surface area contributed by atoms with E-state index in [1.54, 1.807) is 17.0 Å². The monoisotopic (exact) mass is 239 g/mol. The number of aryl methyl sites for hydroxylation is 1. The number of hydrogen-bond donors (Lipinski definition) is 1. The topological polar surface area (TPSA) is 40.5 Å². The van der Waals surface area contributed by atoms with E-state index >= 15 is 0 Å². The van der Waals surface area contributed by atoms with Gasteiger partial charge in [0.15, 0.2) is 0 Å². The van der Waals surface area contributed by atoms with Gasteiger partial charge in [-0.1, -0.05) is 12.1 Å². The van der Waals surface area contributed by atoms with E-state index in [2.05, 4.69) is 0 Å². The molecule has 0 saturated carbocycles. The van der Waals surface area contributed by atoms with Crippen LogP contribution < -0.4 is 4.90 Å². The van der Waals surface area contributed by atoms with Gasteiger partial charge in [0.25, 0.3) is 0 Å². The summed E-state index contributed by atoms with van der Waals surface area (Å²) in [7, 11) is 0. The highest BCUT2D eigenvalue weighted by Crippen LogP contribution is 2.35. The molecule has 1 atom stereocenters. The molecule has 1 saturated heterocycles. The van der Waals surface area contributed by atoms with Crippen LogP contribution in [0.3, 0.4) is 0 Å². The number of phenolic OH excluding ortho intramolecular Hbond substituents is 1. The number of nitrogens with zero attached hydrogens (tertiary/aromatic N) is 1. The molecule has 0 spiro atoms. The number of anilines is 1. The van der Waals surface area contributed by atoms with Crippen LogP contribution in [0, 0.1) is 12.8 Å². The van der Waals surface area contributed by atoms with Crippen molar-refractivity contribution in [2.45, 2.75) is 13.3 Å². The number of alkyl halides is 1. The quantitative estimate of drug-likeness (QED) is 0.805. The number of amides is 1. The normalized spacial score (nSPS) is 20.5. The standard InChI is InChI=1S/C12H14ClNO2/c1-8-3-2-4-10(15)12(8)14-7-9(6-13)5-11(14)16/h2-4,9,15H,5-7H2,1H3. The van der Waals surface area contributed by atoms with Crippen molar-refractivity contribution in [2.24, 2.45) is 5.92 Å². The molecule has 0 bridgehead atoms. The van der Waals surface area contributed by atoms with Crippen LogP contribution in [0.2, 0.25) is 0 Å². The Labute approximate surface area is 99.6 Å². The van der Waals surface area contributed by atoms with Crippen LogP contribution in [0.5, 0.6) is 5.75 Å². The van der Waals surface area contributed by atoms with E-state index in [4.69, 9.17) is 11.6 Å². The number of hydrogen-bond acceptors (Lipinski definition) is 2. The van der Waals surface area contributed by atoms with Crippen molar-refractivity contribution >= 4 is 23.2 Å². The molecule has 1 aliphatic rings. The lowest BCUT2D eigenvalue weighted by atomic mass is 10.1. The van der Waals surface area contributed by atoms with Crippen LogP contribution in [0.1, 0.15) is 12.0 Å². The Kier molecular flexibility index (Phi) is 3.06. The molecule has 3 nitrogen and oxygen atoms in total. The second-order valence-electron chi connectivity index (χ2n) is 4.17. The van der Waals surface area contributed by atoms with Gasteiger partial charge in [-0.2, -0.15) is 0 Å². The highest BCUT2D eigenvalue weighted by molar-refractivity contribution is 6.18. The fourth-order valence-corrected chi connectivity index (χ4v) is 2.30. The highest BCUT2D eigenvalue weighted by Gasteiger charge is 2.31. The van der Waals surface area contributed by atoms with Crippen LogP contribution >= 0.6 is 11.6 Å². The average molecular weight is 240 g/mol. The number of benzene rings is 1. The SMILES string of the molecule is Cc1cccc(O)c1N1CC(CCl)CC1=O. The average Bonchev–Trinajstić information content (AvgIpc) is 2.60. The van der Waals surface area contributed by atoms with Gasteiger partial charge in [-0.25, -0.2) is 0 Å². The molecule has 16 heavy (non-hydrogen) atoms. The van der Waals surface area contributed by atoms with Gasteiger partial charge in [-0.15, -0.1) is 11.6 Å². The molecular weight excluding hydrogens is 226 g/mol. The molecule has 1 amide bonds.